The van der Waals surface area contributed by atoms with E-state index in [0.29, 0.717) is 16.8 Å². The number of aromatic nitrogens is 1. The lowest BCUT2D eigenvalue weighted by molar-refractivity contribution is -0.137. The highest BCUT2D eigenvalue weighted by molar-refractivity contribution is 5.77. The van der Waals surface area contributed by atoms with E-state index in [0.717, 1.165) is 12.1 Å². The summed E-state index contributed by atoms with van der Waals surface area (Å²) in [6.45, 7) is 5.26. The number of aromatic hydroxyl groups is 1. The Labute approximate surface area is 126 Å². The predicted octanol–water partition coefficient (Wildman–Crippen LogP) is 4.49. The van der Waals surface area contributed by atoms with E-state index in [9.17, 15) is 18.3 Å². The van der Waals surface area contributed by atoms with Crippen LogP contribution in [0.2, 0.25) is 0 Å². The van der Waals surface area contributed by atoms with Crippen molar-refractivity contribution in [3.8, 4) is 16.9 Å². The molecule has 1 aromatic carbocycles. The van der Waals surface area contributed by atoms with Gasteiger partial charge in [-0.1, -0.05) is 26.0 Å². The fourth-order valence-corrected chi connectivity index (χ4v) is 2.25. The Hall–Kier alpha value is -2.24. The molecule has 6 heteroatoms. The Morgan fingerprint density at radius 3 is 2.41 bits per heavy atom. The first-order valence-electron chi connectivity index (χ1n) is 6.79. The molecule has 0 aliphatic rings. The normalized spacial score (nSPS) is 12.0. The van der Waals surface area contributed by atoms with E-state index in [1.165, 1.54) is 12.1 Å². The number of alkyl halides is 3. The lowest BCUT2D eigenvalue weighted by Crippen LogP contribution is -2.06. The average Bonchev–Trinajstić information content (AvgIpc) is 2.43. The Bertz CT molecular complexity index is 709. The molecule has 22 heavy (non-hydrogen) atoms. The fraction of sp³-hybridized carbons (Fsp3) is 0.312. The first-order chi connectivity index (χ1) is 10.1. The van der Waals surface area contributed by atoms with Gasteiger partial charge in [0.25, 0.3) is 0 Å². The molecule has 3 nitrogen and oxygen atoms in total. The third kappa shape index (κ3) is 2.86. The van der Waals surface area contributed by atoms with Crippen molar-refractivity contribution in [2.45, 2.75) is 32.9 Å². The molecule has 0 saturated carbocycles. The smallest absolute Gasteiger partial charge is 0.416 e. The molecule has 118 valence electrons. The summed E-state index contributed by atoms with van der Waals surface area (Å²) in [6.07, 6.45) is -4.44. The molecule has 0 aliphatic carbocycles. The molecule has 0 aliphatic heterocycles. The summed E-state index contributed by atoms with van der Waals surface area (Å²) in [7, 11) is 0. The minimum absolute atomic E-state index is 0.0988. The van der Waals surface area contributed by atoms with Crippen LogP contribution in [0.4, 0.5) is 19.0 Å². The van der Waals surface area contributed by atoms with Crippen molar-refractivity contribution in [1.82, 2.24) is 4.98 Å². The van der Waals surface area contributed by atoms with Gasteiger partial charge in [0.15, 0.2) is 0 Å². The topological polar surface area (TPSA) is 59.1 Å². The van der Waals surface area contributed by atoms with E-state index in [1.54, 1.807) is 6.92 Å². The molecule has 0 amide bonds. The summed E-state index contributed by atoms with van der Waals surface area (Å²) in [5, 5.41) is 10.4. The highest BCUT2D eigenvalue weighted by atomic mass is 19.4. The van der Waals surface area contributed by atoms with Crippen molar-refractivity contribution in [2.75, 3.05) is 5.73 Å². The lowest BCUT2D eigenvalue weighted by atomic mass is 9.94. The summed E-state index contributed by atoms with van der Waals surface area (Å²) < 4.78 is 38.7. The zero-order valence-corrected chi connectivity index (χ0v) is 12.5. The van der Waals surface area contributed by atoms with Crippen molar-refractivity contribution >= 4 is 5.82 Å². The monoisotopic (exact) mass is 310 g/mol. The van der Waals surface area contributed by atoms with E-state index in [2.05, 4.69) is 4.98 Å². The number of nitrogens with zero attached hydrogens (tertiary/aromatic N) is 1. The number of anilines is 1. The number of pyridine rings is 1. The fourth-order valence-electron chi connectivity index (χ4n) is 2.25. The van der Waals surface area contributed by atoms with Crippen LogP contribution in [0.1, 0.15) is 36.6 Å². The second-order valence-corrected chi connectivity index (χ2v) is 5.46. The minimum Gasteiger partial charge on any atom is -0.507 e. The number of nitrogen functional groups attached to an aromatic ring is 1. The number of hydrogen-bond donors (Lipinski definition) is 2. The second-order valence-electron chi connectivity index (χ2n) is 5.46. The van der Waals surface area contributed by atoms with Crippen LogP contribution in [0.25, 0.3) is 11.1 Å². The van der Waals surface area contributed by atoms with Crippen molar-refractivity contribution in [3.05, 3.63) is 41.1 Å². The molecule has 3 N–H and O–H groups in total. The highest BCUT2D eigenvalue weighted by Crippen LogP contribution is 2.41. The van der Waals surface area contributed by atoms with E-state index < -0.39 is 11.7 Å². The molecule has 1 heterocycles. The van der Waals surface area contributed by atoms with E-state index in [1.807, 2.05) is 13.8 Å². The molecule has 2 aromatic rings. The first kappa shape index (κ1) is 16.1. The maximum Gasteiger partial charge on any atom is 0.416 e. The molecule has 2 rings (SSSR count). The summed E-state index contributed by atoms with van der Waals surface area (Å²) in [5.41, 5.74) is 6.38. The Balaban J connectivity index is 2.74. The van der Waals surface area contributed by atoms with Crippen molar-refractivity contribution in [1.29, 1.82) is 0 Å². The maximum atomic E-state index is 12.9. The minimum atomic E-state index is -4.44. The lowest BCUT2D eigenvalue weighted by Gasteiger charge is -2.18. The summed E-state index contributed by atoms with van der Waals surface area (Å²) in [5.74, 6) is -0.0502. The van der Waals surface area contributed by atoms with Gasteiger partial charge in [0, 0.05) is 11.1 Å². The number of benzene rings is 1. The van der Waals surface area contributed by atoms with Crippen LogP contribution in [-0.2, 0) is 6.18 Å². The van der Waals surface area contributed by atoms with Crippen LogP contribution < -0.4 is 5.73 Å². The Morgan fingerprint density at radius 2 is 1.86 bits per heavy atom. The number of nitrogens with two attached hydrogens (primary N) is 1. The van der Waals surface area contributed by atoms with Crippen LogP contribution in [0.3, 0.4) is 0 Å². The van der Waals surface area contributed by atoms with Gasteiger partial charge in [-0.2, -0.15) is 13.2 Å². The molecule has 0 unspecified atom stereocenters. The van der Waals surface area contributed by atoms with Crippen molar-refractivity contribution in [2.24, 2.45) is 0 Å². The highest BCUT2D eigenvalue weighted by Gasteiger charge is 2.31. The Morgan fingerprint density at radius 1 is 1.23 bits per heavy atom. The van der Waals surface area contributed by atoms with Crippen LogP contribution in [0, 0.1) is 6.92 Å². The zero-order chi connectivity index (χ0) is 16.7. The van der Waals surface area contributed by atoms with Crippen molar-refractivity contribution < 1.29 is 18.3 Å². The summed E-state index contributed by atoms with van der Waals surface area (Å²) in [6, 6.07) is 4.84. The van der Waals surface area contributed by atoms with Gasteiger partial charge < -0.3 is 10.8 Å². The molecule has 0 fully saturated rings. The van der Waals surface area contributed by atoms with Gasteiger partial charge in [-0.15, -0.1) is 0 Å². The average molecular weight is 310 g/mol. The zero-order valence-electron chi connectivity index (χ0n) is 12.5. The van der Waals surface area contributed by atoms with Crippen LogP contribution in [0.15, 0.2) is 24.3 Å². The maximum absolute atomic E-state index is 12.9. The molecule has 0 atom stereocenters. The van der Waals surface area contributed by atoms with Crippen molar-refractivity contribution in [3.63, 3.8) is 0 Å². The first-order valence-corrected chi connectivity index (χ1v) is 6.79. The molecule has 0 bridgehead atoms. The SMILES string of the molecule is Cc1c(N)nc(C(C)C)c(-c2cccc(C(F)(F)F)c2)c1O. The molecular formula is C16H17F3N2O. The molecule has 0 radical (unpaired) electrons. The molecular weight excluding hydrogens is 293 g/mol. The largest absolute Gasteiger partial charge is 0.507 e. The third-order valence-corrected chi connectivity index (χ3v) is 3.50. The van der Waals surface area contributed by atoms with E-state index in [-0.39, 0.29) is 23.0 Å². The van der Waals surface area contributed by atoms with Crippen LogP contribution in [-0.4, -0.2) is 10.1 Å². The number of halogens is 3. The quantitative estimate of drug-likeness (QED) is 0.859. The second kappa shape index (κ2) is 5.51. The standard InChI is InChI=1S/C16H17F3N2O/c1-8(2)13-12(14(22)9(3)15(20)21-13)10-5-4-6-11(7-10)16(17,18)19/h4-8H,1-3H3,(H3,20,21,22). The van der Waals surface area contributed by atoms with Gasteiger partial charge in [0.1, 0.15) is 11.6 Å². The predicted molar refractivity (Wildman–Crippen MR) is 79.6 cm³/mol. The van der Waals surface area contributed by atoms with Gasteiger partial charge in [-0.3, -0.25) is 0 Å². The molecule has 1 aromatic heterocycles. The summed E-state index contributed by atoms with van der Waals surface area (Å²) in [4.78, 5) is 4.24. The summed E-state index contributed by atoms with van der Waals surface area (Å²) >= 11 is 0. The molecule has 0 spiro atoms. The van der Waals surface area contributed by atoms with Gasteiger partial charge in [-0.25, -0.2) is 4.98 Å². The van der Waals surface area contributed by atoms with Gasteiger partial charge in [0.05, 0.1) is 11.3 Å². The molecule has 0 saturated heterocycles. The van der Waals surface area contributed by atoms with Gasteiger partial charge in [0.2, 0.25) is 0 Å². The van der Waals surface area contributed by atoms with Crippen LogP contribution >= 0.6 is 0 Å². The number of hydrogen-bond acceptors (Lipinski definition) is 3. The van der Waals surface area contributed by atoms with Gasteiger partial charge in [-0.05, 0) is 30.5 Å². The van der Waals surface area contributed by atoms with Gasteiger partial charge >= 0.3 is 6.18 Å². The number of rotatable bonds is 2. The van der Waals surface area contributed by atoms with Crippen LogP contribution in [0.5, 0.6) is 5.75 Å². The van der Waals surface area contributed by atoms with E-state index in [4.69, 9.17) is 5.73 Å². The van der Waals surface area contributed by atoms with E-state index >= 15 is 0 Å². The third-order valence-electron chi connectivity index (χ3n) is 3.50. The Kier molecular flexibility index (Phi) is 4.04.